The van der Waals surface area contributed by atoms with E-state index >= 15 is 0 Å². The third-order valence-electron chi connectivity index (χ3n) is 5.34. The van der Waals surface area contributed by atoms with E-state index in [1.54, 1.807) is 33.7 Å². The van der Waals surface area contributed by atoms with Crippen molar-refractivity contribution in [1.82, 2.24) is 4.98 Å². The number of ether oxygens (including phenoxy) is 1. The van der Waals surface area contributed by atoms with Crippen LogP contribution in [0.15, 0.2) is 36.5 Å². The van der Waals surface area contributed by atoms with E-state index in [9.17, 15) is 19.6 Å². The third kappa shape index (κ3) is 6.32. The fourth-order valence-electron chi connectivity index (χ4n) is 3.53. The summed E-state index contributed by atoms with van der Waals surface area (Å²) in [6.45, 7) is -0.681. The number of halogens is 2. The van der Waals surface area contributed by atoms with Gasteiger partial charge >= 0.3 is 0 Å². The second kappa shape index (κ2) is 12.0. The molecule has 0 saturated carbocycles. The van der Waals surface area contributed by atoms with Crippen LogP contribution in [0.2, 0.25) is 5.02 Å². The first kappa shape index (κ1) is 26.3. The summed E-state index contributed by atoms with van der Waals surface area (Å²) in [5, 5.41) is 35.2. The van der Waals surface area contributed by atoms with Gasteiger partial charge in [0.1, 0.15) is 30.3 Å². The van der Waals surface area contributed by atoms with E-state index in [1.807, 2.05) is 0 Å². The molecule has 1 aliphatic heterocycles. The molecule has 2 heterocycles. The average Bonchev–Trinajstić information content (AvgIpc) is 3.38. The normalized spacial score (nSPS) is 15.9. The van der Waals surface area contributed by atoms with Crippen molar-refractivity contribution in [2.24, 2.45) is 0 Å². The van der Waals surface area contributed by atoms with Gasteiger partial charge in [0.15, 0.2) is 0 Å². The molecule has 1 aliphatic rings. The van der Waals surface area contributed by atoms with E-state index < -0.39 is 18.5 Å². The zero-order valence-electron chi connectivity index (χ0n) is 18.8. The van der Waals surface area contributed by atoms with Gasteiger partial charge < -0.3 is 25.6 Å². The summed E-state index contributed by atoms with van der Waals surface area (Å²) < 4.78 is 19.3. The lowest BCUT2D eigenvalue weighted by molar-refractivity contribution is -0.116. The van der Waals surface area contributed by atoms with Gasteiger partial charge in [0, 0.05) is 40.8 Å². The van der Waals surface area contributed by atoms with Gasteiger partial charge in [0.05, 0.1) is 34.1 Å². The molecule has 1 saturated heterocycles. The number of anilines is 3. The smallest absolute Gasteiger partial charge is 0.225 e. The van der Waals surface area contributed by atoms with Crippen LogP contribution in [0.4, 0.5) is 21.5 Å². The van der Waals surface area contributed by atoms with Gasteiger partial charge in [-0.15, -0.1) is 0 Å². The second-order valence-electron chi connectivity index (χ2n) is 8.01. The Labute approximate surface area is 219 Å². The van der Waals surface area contributed by atoms with Gasteiger partial charge in [-0.1, -0.05) is 33.2 Å². The van der Waals surface area contributed by atoms with Crippen molar-refractivity contribution in [2.75, 3.05) is 29.6 Å². The number of aliphatic hydroxyl groups is 2. The fourth-order valence-corrected chi connectivity index (χ4v) is 6.61. The minimum atomic E-state index is -1.11. The fraction of sp³-hybridized carbons (Fsp3) is 0.292. The van der Waals surface area contributed by atoms with Crippen LogP contribution in [-0.4, -0.2) is 51.4 Å². The SMILES string of the molecule is N#Cc1cnc2cc(OCC(O)CO)c(NC(=O)CC3CCSS3)cc2c1Nc1ccc(F)c(Cl)c1. The molecule has 2 aromatic carbocycles. The summed E-state index contributed by atoms with van der Waals surface area (Å²) in [6.07, 6.45) is 1.54. The summed E-state index contributed by atoms with van der Waals surface area (Å²) in [4.78, 5) is 17.1. The predicted molar refractivity (Wildman–Crippen MR) is 141 cm³/mol. The van der Waals surface area contributed by atoms with Crippen LogP contribution in [0.5, 0.6) is 5.75 Å². The van der Waals surface area contributed by atoms with Crippen molar-refractivity contribution < 1.29 is 24.1 Å². The number of carbonyl (C=O) groups is 1. The molecular formula is C24H22ClFN4O4S2. The number of nitrogens with one attached hydrogen (secondary N) is 2. The van der Waals surface area contributed by atoms with Gasteiger partial charge in [0.2, 0.25) is 5.91 Å². The van der Waals surface area contributed by atoms with E-state index in [2.05, 4.69) is 21.7 Å². The summed E-state index contributed by atoms with van der Waals surface area (Å²) in [6, 6.07) is 9.40. The zero-order valence-corrected chi connectivity index (χ0v) is 21.2. The van der Waals surface area contributed by atoms with Crippen molar-refractivity contribution in [2.45, 2.75) is 24.2 Å². The van der Waals surface area contributed by atoms with E-state index in [0.29, 0.717) is 34.4 Å². The van der Waals surface area contributed by atoms with Crippen LogP contribution in [-0.2, 0) is 4.79 Å². The third-order valence-corrected chi connectivity index (χ3v) is 8.56. The number of benzene rings is 2. The number of hydrogen-bond donors (Lipinski definition) is 4. The molecule has 1 aromatic heterocycles. The standard InChI is InChI=1S/C24H22ClFN4O4S2/c25-18-5-14(1-2-19(18)26)29-24-13(9-27)10-28-20-8-22(34-12-15(32)11-31)21(7-17(20)24)30-23(33)6-16-3-4-35-36-16/h1-2,5,7-8,10,15-16,31-32H,3-4,6,11-12H2,(H,28,29)(H,30,33). The molecule has 4 rings (SSSR count). The minimum Gasteiger partial charge on any atom is -0.489 e. The predicted octanol–water partition coefficient (Wildman–Crippen LogP) is 4.86. The largest absolute Gasteiger partial charge is 0.489 e. The Morgan fingerprint density at radius 3 is 2.92 bits per heavy atom. The molecule has 12 heteroatoms. The van der Waals surface area contributed by atoms with Gasteiger partial charge in [-0.3, -0.25) is 9.78 Å². The summed E-state index contributed by atoms with van der Waals surface area (Å²) in [5.41, 5.74) is 1.84. The van der Waals surface area contributed by atoms with Crippen molar-refractivity contribution in [3.8, 4) is 11.8 Å². The molecule has 0 radical (unpaired) electrons. The number of amides is 1. The lowest BCUT2D eigenvalue weighted by Crippen LogP contribution is -2.22. The summed E-state index contributed by atoms with van der Waals surface area (Å²) >= 11 is 5.92. The maximum atomic E-state index is 13.6. The molecule has 2 atom stereocenters. The Morgan fingerprint density at radius 1 is 1.39 bits per heavy atom. The monoisotopic (exact) mass is 548 g/mol. The topological polar surface area (TPSA) is 128 Å². The Balaban J connectivity index is 1.74. The molecule has 0 bridgehead atoms. The maximum absolute atomic E-state index is 13.6. The molecule has 1 fully saturated rings. The Morgan fingerprint density at radius 2 is 2.22 bits per heavy atom. The van der Waals surface area contributed by atoms with Crippen LogP contribution in [0.25, 0.3) is 10.9 Å². The highest BCUT2D eigenvalue weighted by molar-refractivity contribution is 8.77. The molecule has 36 heavy (non-hydrogen) atoms. The number of aromatic nitrogens is 1. The first-order valence-corrected chi connectivity index (χ1v) is 13.7. The van der Waals surface area contributed by atoms with Gasteiger partial charge in [0.25, 0.3) is 0 Å². The van der Waals surface area contributed by atoms with Gasteiger partial charge in [-0.05, 0) is 30.7 Å². The minimum absolute atomic E-state index is 0.0779. The lowest BCUT2D eigenvalue weighted by Gasteiger charge is -2.18. The molecule has 3 aromatic rings. The lowest BCUT2D eigenvalue weighted by atomic mass is 10.1. The first-order chi connectivity index (χ1) is 17.4. The van der Waals surface area contributed by atoms with E-state index in [1.165, 1.54) is 24.4 Å². The average molecular weight is 549 g/mol. The van der Waals surface area contributed by atoms with Crippen LogP contribution in [0.1, 0.15) is 18.4 Å². The molecule has 4 N–H and O–H groups in total. The number of fused-ring (bicyclic) bond motifs is 1. The van der Waals surface area contributed by atoms with Crippen LogP contribution < -0.4 is 15.4 Å². The highest BCUT2D eigenvalue weighted by Crippen LogP contribution is 2.40. The van der Waals surface area contributed by atoms with Crippen molar-refractivity contribution in [3.63, 3.8) is 0 Å². The van der Waals surface area contributed by atoms with Crippen LogP contribution in [0, 0.1) is 17.1 Å². The Bertz CT molecular complexity index is 1320. The van der Waals surface area contributed by atoms with E-state index in [0.717, 1.165) is 12.2 Å². The van der Waals surface area contributed by atoms with Crippen molar-refractivity contribution in [3.05, 3.63) is 52.9 Å². The number of hydrogen-bond acceptors (Lipinski definition) is 9. The van der Waals surface area contributed by atoms with Crippen molar-refractivity contribution in [1.29, 1.82) is 5.26 Å². The summed E-state index contributed by atoms with van der Waals surface area (Å²) in [5.74, 6) is 0.478. The molecule has 8 nitrogen and oxygen atoms in total. The number of carbonyl (C=O) groups excluding carboxylic acids is 1. The second-order valence-corrected chi connectivity index (χ2v) is 11.2. The Kier molecular flexibility index (Phi) is 8.77. The molecule has 2 unspecified atom stereocenters. The Hall–Kier alpha value is -2.75. The zero-order chi connectivity index (χ0) is 25.7. The number of nitriles is 1. The number of aliphatic hydroxyl groups excluding tert-OH is 2. The maximum Gasteiger partial charge on any atom is 0.225 e. The number of rotatable bonds is 9. The van der Waals surface area contributed by atoms with Crippen LogP contribution in [0.3, 0.4) is 0 Å². The first-order valence-electron chi connectivity index (χ1n) is 11.0. The molecule has 0 aliphatic carbocycles. The molecule has 1 amide bonds. The number of nitrogens with zero attached hydrogens (tertiary/aromatic N) is 2. The quantitative estimate of drug-likeness (QED) is 0.277. The van der Waals surface area contributed by atoms with Crippen molar-refractivity contribution >= 4 is 67.1 Å². The number of pyridine rings is 1. The summed E-state index contributed by atoms with van der Waals surface area (Å²) in [7, 11) is 3.42. The molecular weight excluding hydrogens is 527 g/mol. The van der Waals surface area contributed by atoms with Gasteiger partial charge in [-0.25, -0.2) is 4.39 Å². The van der Waals surface area contributed by atoms with Gasteiger partial charge in [-0.2, -0.15) is 5.26 Å². The molecule has 188 valence electrons. The van der Waals surface area contributed by atoms with Crippen LogP contribution >= 0.6 is 33.2 Å². The molecule has 0 spiro atoms. The highest BCUT2D eigenvalue weighted by Gasteiger charge is 2.22. The van der Waals surface area contributed by atoms with E-state index in [4.69, 9.17) is 21.4 Å². The van der Waals surface area contributed by atoms with E-state index in [-0.39, 0.29) is 34.1 Å². The highest BCUT2D eigenvalue weighted by atomic mass is 35.5.